The number of hydrogen-bond donors (Lipinski definition) is 0. The second-order valence-electron chi connectivity index (χ2n) is 4.33. The third-order valence-electron chi connectivity index (χ3n) is 2.68. The predicted octanol–water partition coefficient (Wildman–Crippen LogP) is 1.76. The molecule has 1 aromatic heterocycles. The SMILES string of the molecule is Cc1cc2c(cn1)OC(=O)C(C(C)C)C2=O. The fourth-order valence-corrected chi connectivity index (χ4v) is 1.84. The molecule has 0 spiro atoms. The molecule has 1 unspecified atom stereocenters. The first-order valence-electron chi connectivity index (χ1n) is 5.23. The lowest BCUT2D eigenvalue weighted by Gasteiger charge is -2.24. The molecule has 1 aliphatic rings. The number of fused-ring (bicyclic) bond motifs is 1. The van der Waals surface area contributed by atoms with Crippen LogP contribution < -0.4 is 4.74 Å². The van der Waals surface area contributed by atoms with Gasteiger partial charge in [-0.3, -0.25) is 14.6 Å². The summed E-state index contributed by atoms with van der Waals surface area (Å²) in [6.07, 6.45) is 1.43. The predicted molar refractivity (Wildman–Crippen MR) is 57.3 cm³/mol. The van der Waals surface area contributed by atoms with Gasteiger partial charge in [0.25, 0.3) is 0 Å². The normalized spacial score (nSPS) is 19.6. The molecule has 0 saturated heterocycles. The molecule has 0 bridgehead atoms. The van der Waals surface area contributed by atoms with Crippen molar-refractivity contribution in [2.45, 2.75) is 20.8 Å². The minimum atomic E-state index is -0.686. The van der Waals surface area contributed by atoms with Crippen LogP contribution in [0.3, 0.4) is 0 Å². The highest BCUT2D eigenvalue weighted by atomic mass is 16.5. The Hall–Kier alpha value is -1.71. The van der Waals surface area contributed by atoms with Crippen LogP contribution in [0.2, 0.25) is 0 Å². The average molecular weight is 219 g/mol. The summed E-state index contributed by atoms with van der Waals surface area (Å²) in [5, 5.41) is 0. The molecule has 0 aromatic carbocycles. The van der Waals surface area contributed by atoms with Gasteiger partial charge in [0.1, 0.15) is 5.92 Å². The van der Waals surface area contributed by atoms with Gasteiger partial charge in [0.2, 0.25) is 0 Å². The average Bonchev–Trinajstić information content (AvgIpc) is 2.19. The van der Waals surface area contributed by atoms with Crippen molar-refractivity contribution in [3.63, 3.8) is 0 Å². The number of aryl methyl sites for hydroxylation is 1. The molecular formula is C12H13NO3. The molecule has 4 nitrogen and oxygen atoms in total. The summed E-state index contributed by atoms with van der Waals surface area (Å²) < 4.78 is 5.11. The van der Waals surface area contributed by atoms with E-state index in [1.165, 1.54) is 6.20 Å². The molecule has 2 heterocycles. The summed E-state index contributed by atoms with van der Waals surface area (Å²) in [7, 11) is 0. The molecule has 4 heteroatoms. The third-order valence-corrected chi connectivity index (χ3v) is 2.68. The number of esters is 1. The molecule has 0 amide bonds. The maximum absolute atomic E-state index is 12.1. The highest BCUT2D eigenvalue weighted by molar-refractivity contribution is 6.13. The zero-order valence-corrected chi connectivity index (χ0v) is 9.48. The topological polar surface area (TPSA) is 56.3 Å². The van der Waals surface area contributed by atoms with Crippen molar-refractivity contribution in [2.24, 2.45) is 11.8 Å². The summed E-state index contributed by atoms with van der Waals surface area (Å²) in [4.78, 5) is 27.7. The lowest BCUT2D eigenvalue weighted by Crippen LogP contribution is -2.36. The van der Waals surface area contributed by atoms with E-state index in [1.54, 1.807) is 13.0 Å². The number of carbonyl (C=O) groups is 2. The van der Waals surface area contributed by atoms with E-state index in [0.29, 0.717) is 5.56 Å². The van der Waals surface area contributed by atoms with Gasteiger partial charge in [-0.2, -0.15) is 0 Å². The van der Waals surface area contributed by atoms with E-state index in [1.807, 2.05) is 13.8 Å². The molecule has 16 heavy (non-hydrogen) atoms. The van der Waals surface area contributed by atoms with Gasteiger partial charge >= 0.3 is 5.97 Å². The lowest BCUT2D eigenvalue weighted by molar-refractivity contribution is -0.139. The minimum absolute atomic E-state index is 0.0541. The molecule has 0 radical (unpaired) electrons. The summed E-state index contributed by atoms with van der Waals surface area (Å²) in [5.41, 5.74) is 1.21. The summed E-state index contributed by atoms with van der Waals surface area (Å²) in [6, 6.07) is 1.67. The number of ketones is 1. The second kappa shape index (κ2) is 3.70. The zero-order chi connectivity index (χ0) is 11.9. The molecule has 0 saturated carbocycles. The Morgan fingerprint density at radius 2 is 2.06 bits per heavy atom. The van der Waals surface area contributed by atoms with Crippen LogP contribution in [0.15, 0.2) is 12.3 Å². The molecule has 0 aliphatic carbocycles. The number of carbonyl (C=O) groups excluding carboxylic acids is 2. The molecule has 84 valence electrons. The Balaban J connectivity index is 2.50. The Bertz CT molecular complexity index is 465. The van der Waals surface area contributed by atoms with Gasteiger partial charge in [0, 0.05) is 5.69 Å². The third kappa shape index (κ3) is 1.60. The Morgan fingerprint density at radius 1 is 1.38 bits per heavy atom. The first-order valence-corrected chi connectivity index (χ1v) is 5.23. The molecule has 1 aliphatic heterocycles. The van der Waals surface area contributed by atoms with Crippen LogP contribution >= 0.6 is 0 Å². The van der Waals surface area contributed by atoms with Gasteiger partial charge in [-0.15, -0.1) is 0 Å². The van der Waals surface area contributed by atoms with Crippen LogP contribution in [0.1, 0.15) is 29.9 Å². The minimum Gasteiger partial charge on any atom is -0.424 e. The smallest absolute Gasteiger partial charge is 0.322 e. The van der Waals surface area contributed by atoms with Crippen LogP contribution in [0.25, 0.3) is 0 Å². The molecular weight excluding hydrogens is 206 g/mol. The van der Waals surface area contributed by atoms with Crippen LogP contribution in [-0.4, -0.2) is 16.7 Å². The molecule has 1 aromatic rings. The maximum Gasteiger partial charge on any atom is 0.322 e. The maximum atomic E-state index is 12.1. The fraction of sp³-hybridized carbons (Fsp3) is 0.417. The number of rotatable bonds is 1. The van der Waals surface area contributed by atoms with Gasteiger partial charge in [0.15, 0.2) is 11.5 Å². The van der Waals surface area contributed by atoms with E-state index >= 15 is 0 Å². The quantitative estimate of drug-likeness (QED) is 0.533. The number of nitrogens with zero attached hydrogens (tertiary/aromatic N) is 1. The second-order valence-corrected chi connectivity index (χ2v) is 4.33. The lowest BCUT2D eigenvalue weighted by atomic mass is 9.86. The van der Waals surface area contributed by atoms with Crippen LogP contribution in [0.5, 0.6) is 5.75 Å². The highest BCUT2D eigenvalue weighted by Crippen LogP contribution is 2.31. The summed E-state index contributed by atoms with van der Waals surface area (Å²) in [6.45, 7) is 5.47. The number of aromatic nitrogens is 1. The van der Waals surface area contributed by atoms with E-state index in [9.17, 15) is 9.59 Å². The number of pyridine rings is 1. The van der Waals surface area contributed by atoms with Crippen LogP contribution in [0.4, 0.5) is 0 Å². The summed E-state index contributed by atoms with van der Waals surface area (Å²) >= 11 is 0. The van der Waals surface area contributed by atoms with Crippen molar-refractivity contribution in [1.29, 1.82) is 0 Å². The van der Waals surface area contributed by atoms with Gasteiger partial charge in [-0.25, -0.2) is 0 Å². The number of Topliss-reactive ketones (excluding diaryl/α,β-unsaturated/α-hetero) is 1. The van der Waals surface area contributed by atoms with Gasteiger partial charge in [-0.1, -0.05) is 13.8 Å². The Morgan fingerprint density at radius 3 is 2.69 bits per heavy atom. The van der Waals surface area contributed by atoms with E-state index in [2.05, 4.69) is 4.98 Å². The Labute approximate surface area is 93.6 Å². The van der Waals surface area contributed by atoms with Crippen molar-refractivity contribution in [3.8, 4) is 5.75 Å². The van der Waals surface area contributed by atoms with Gasteiger partial charge < -0.3 is 4.74 Å². The highest BCUT2D eigenvalue weighted by Gasteiger charge is 2.38. The molecule has 0 N–H and O–H groups in total. The van der Waals surface area contributed by atoms with Gasteiger partial charge in [0.05, 0.1) is 11.8 Å². The van der Waals surface area contributed by atoms with E-state index in [0.717, 1.165) is 5.69 Å². The molecule has 1 atom stereocenters. The van der Waals surface area contributed by atoms with Gasteiger partial charge in [-0.05, 0) is 18.9 Å². The van der Waals surface area contributed by atoms with E-state index in [4.69, 9.17) is 4.74 Å². The first kappa shape index (κ1) is 10.8. The standard InChI is InChI=1S/C12H13NO3/c1-6(2)10-11(14)8-4-7(3)13-5-9(8)16-12(10)15/h4-6,10H,1-3H3. The number of ether oxygens (including phenoxy) is 1. The van der Waals surface area contributed by atoms with E-state index in [-0.39, 0.29) is 17.5 Å². The van der Waals surface area contributed by atoms with Crippen molar-refractivity contribution in [3.05, 3.63) is 23.5 Å². The molecule has 0 fully saturated rings. The number of hydrogen-bond acceptors (Lipinski definition) is 4. The van der Waals surface area contributed by atoms with Crippen molar-refractivity contribution < 1.29 is 14.3 Å². The monoisotopic (exact) mass is 219 g/mol. The molecule has 2 rings (SSSR count). The zero-order valence-electron chi connectivity index (χ0n) is 9.48. The van der Waals surface area contributed by atoms with Crippen LogP contribution in [0, 0.1) is 18.8 Å². The van der Waals surface area contributed by atoms with Crippen molar-refractivity contribution >= 4 is 11.8 Å². The largest absolute Gasteiger partial charge is 0.424 e. The van der Waals surface area contributed by atoms with Crippen molar-refractivity contribution in [1.82, 2.24) is 4.98 Å². The Kier molecular flexibility index (Phi) is 2.50. The van der Waals surface area contributed by atoms with Crippen molar-refractivity contribution in [2.75, 3.05) is 0 Å². The first-order chi connectivity index (χ1) is 7.50. The fourth-order valence-electron chi connectivity index (χ4n) is 1.84. The van der Waals surface area contributed by atoms with E-state index < -0.39 is 11.9 Å². The summed E-state index contributed by atoms with van der Waals surface area (Å²) in [5.74, 6) is -1.10. The van der Waals surface area contributed by atoms with Crippen LogP contribution in [-0.2, 0) is 4.79 Å².